The summed E-state index contributed by atoms with van der Waals surface area (Å²) in [6.07, 6.45) is 4.57. The van der Waals surface area contributed by atoms with Crippen LogP contribution in [0.15, 0.2) is 53.4 Å². The lowest BCUT2D eigenvalue weighted by molar-refractivity contribution is -0.112. The van der Waals surface area contributed by atoms with E-state index in [9.17, 15) is 14.9 Å². The van der Waals surface area contributed by atoms with Crippen molar-refractivity contribution in [2.45, 2.75) is 33.1 Å². The lowest BCUT2D eigenvalue weighted by atomic mass is 10.0. The van der Waals surface area contributed by atoms with Gasteiger partial charge in [0.1, 0.15) is 22.2 Å². The summed E-state index contributed by atoms with van der Waals surface area (Å²) in [6, 6.07) is 14.1. The van der Waals surface area contributed by atoms with Crippen LogP contribution in [-0.4, -0.2) is 32.2 Å². The molecule has 0 saturated heterocycles. The first-order chi connectivity index (χ1) is 18.4. The fourth-order valence-electron chi connectivity index (χ4n) is 3.61. The van der Waals surface area contributed by atoms with E-state index in [4.69, 9.17) is 25.8 Å². The Labute approximate surface area is 231 Å². The van der Waals surface area contributed by atoms with Gasteiger partial charge in [0, 0.05) is 16.0 Å². The fraction of sp³-hybridized carbons (Fsp3) is 0.276. The van der Waals surface area contributed by atoms with Crippen molar-refractivity contribution < 1.29 is 23.8 Å². The summed E-state index contributed by atoms with van der Waals surface area (Å²) in [5.41, 5.74) is 2.01. The van der Waals surface area contributed by atoms with Gasteiger partial charge in [-0.05, 0) is 54.8 Å². The summed E-state index contributed by atoms with van der Waals surface area (Å²) >= 11 is 7.18. The summed E-state index contributed by atoms with van der Waals surface area (Å²) in [5, 5.41) is 15.0. The van der Waals surface area contributed by atoms with Gasteiger partial charge in [-0.2, -0.15) is 5.26 Å². The number of esters is 1. The number of unbranched alkanes of at least 4 members (excludes halogenated alkanes) is 2. The lowest BCUT2D eigenvalue weighted by Crippen LogP contribution is -2.16. The van der Waals surface area contributed by atoms with Gasteiger partial charge in [0.2, 0.25) is 0 Å². The average Bonchev–Trinajstić information content (AvgIpc) is 3.34. The van der Waals surface area contributed by atoms with Crippen molar-refractivity contribution in [1.29, 1.82) is 5.26 Å². The van der Waals surface area contributed by atoms with Gasteiger partial charge in [-0.15, -0.1) is 11.3 Å². The van der Waals surface area contributed by atoms with Crippen molar-refractivity contribution in [3.05, 3.63) is 69.6 Å². The molecule has 3 aromatic rings. The Bertz CT molecular complexity index is 1340. The van der Waals surface area contributed by atoms with E-state index in [0.717, 1.165) is 24.8 Å². The second-order valence-corrected chi connectivity index (χ2v) is 9.49. The molecular formula is C29H29ClN2O5S. The zero-order chi connectivity index (χ0) is 27.5. The standard InChI is InChI=1S/C29H29ClN2O5S/c1-4-6-7-14-37-24-13-8-19(16-25(24)35-3)15-21(17-31)27(33)32-28-26(29(34)36-5-2)23(18-38-28)20-9-11-22(30)12-10-20/h8-13,15-16,18H,4-7,14H2,1-3H3,(H,32,33). The normalized spacial score (nSPS) is 11.0. The molecule has 1 aromatic heterocycles. The molecule has 2 aromatic carbocycles. The number of rotatable bonds is 12. The molecule has 1 N–H and O–H groups in total. The van der Waals surface area contributed by atoms with Crippen LogP contribution in [0.1, 0.15) is 49.0 Å². The molecule has 0 fully saturated rings. The van der Waals surface area contributed by atoms with Crippen molar-refractivity contribution in [2.24, 2.45) is 0 Å². The Morgan fingerprint density at radius 3 is 2.53 bits per heavy atom. The van der Waals surface area contributed by atoms with Crippen LogP contribution in [-0.2, 0) is 9.53 Å². The minimum atomic E-state index is -0.651. The molecule has 0 aliphatic heterocycles. The molecule has 0 spiro atoms. The number of hydrogen-bond acceptors (Lipinski definition) is 7. The molecular weight excluding hydrogens is 524 g/mol. The van der Waals surface area contributed by atoms with Crippen molar-refractivity contribution in [3.8, 4) is 28.7 Å². The molecule has 0 aliphatic rings. The molecule has 0 aliphatic carbocycles. The van der Waals surface area contributed by atoms with Crippen molar-refractivity contribution in [2.75, 3.05) is 25.6 Å². The molecule has 38 heavy (non-hydrogen) atoms. The monoisotopic (exact) mass is 552 g/mol. The number of hydrogen-bond donors (Lipinski definition) is 1. The van der Waals surface area contributed by atoms with Crippen LogP contribution >= 0.6 is 22.9 Å². The highest BCUT2D eigenvalue weighted by atomic mass is 35.5. The maximum atomic E-state index is 13.1. The number of anilines is 1. The van der Waals surface area contributed by atoms with Gasteiger partial charge < -0.3 is 19.5 Å². The number of ether oxygens (including phenoxy) is 3. The molecule has 0 radical (unpaired) electrons. The number of thiophene rings is 1. The predicted octanol–water partition coefficient (Wildman–Crippen LogP) is 7.37. The van der Waals surface area contributed by atoms with Gasteiger partial charge in [-0.1, -0.05) is 49.6 Å². The maximum absolute atomic E-state index is 13.1. The number of carbonyl (C=O) groups excluding carboxylic acids is 2. The zero-order valence-corrected chi connectivity index (χ0v) is 23.1. The minimum Gasteiger partial charge on any atom is -0.493 e. The molecule has 3 rings (SSSR count). The third kappa shape index (κ3) is 7.37. The van der Waals surface area contributed by atoms with Gasteiger partial charge in [0.25, 0.3) is 5.91 Å². The van der Waals surface area contributed by atoms with Crippen LogP contribution in [0.4, 0.5) is 5.00 Å². The Kier molecular flexibility index (Phi) is 10.8. The minimum absolute atomic E-state index is 0.139. The molecule has 0 unspecified atom stereocenters. The third-order valence-corrected chi connectivity index (χ3v) is 6.67. The summed E-state index contributed by atoms with van der Waals surface area (Å²) < 4.78 is 16.5. The Morgan fingerprint density at radius 1 is 1.11 bits per heavy atom. The van der Waals surface area contributed by atoms with Gasteiger partial charge >= 0.3 is 5.97 Å². The van der Waals surface area contributed by atoms with Crippen molar-refractivity contribution in [1.82, 2.24) is 0 Å². The summed E-state index contributed by atoms with van der Waals surface area (Å²) in [7, 11) is 1.53. The predicted molar refractivity (Wildman–Crippen MR) is 151 cm³/mol. The van der Waals surface area contributed by atoms with Crippen molar-refractivity contribution in [3.63, 3.8) is 0 Å². The Balaban J connectivity index is 1.86. The van der Waals surface area contributed by atoms with Crippen LogP contribution in [0, 0.1) is 11.3 Å². The van der Waals surface area contributed by atoms with Gasteiger partial charge in [-0.3, -0.25) is 4.79 Å². The van der Waals surface area contributed by atoms with Crippen LogP contribution in [0.2, 0.25) is 5.02 Å². The second-order valence-electron chi connectivity index (χ2n) is 8.17. The first-order valence-electron chi connectivity index (χ1n) is 12.2. The maximum Gasteiger partial charge on any atom is 0.341 e. The first kappa shape index (κ1) is 28.8. The number of benzene rings is 2. The summed E-state index contributed by atoms with van der Waals surface area (Å²) in [6.45, 7) is 4.58. The van der Waals surface area contributed by atoms with Crippen LogP contribution in [0.5, 0.6) is 11.5 Å². The van der Waals surface area contributed by atoms with Crippen molar-refractivity contribution >= 4 is 45.9 Å². The summed E-state index contributed by atoms with van der Waals surface area (Å²) in [4.78, 5) is 25.9. The largest absolute Gasteiger partial charge is 0.493 e. The summed E-state index contributed by atoms with van der Waals surface area (Å²) in [5.74, 6) is -0.128. The number of halogens is 1. The average molecular weight is 553 g/mol. The number of nitriles is 1. The van der Waals surface area contributed by atoms with E-state index in [-0.39, 0.29) is 22.7 Å². The van der Waals surface area contributed by atoms with E-state index in [2.05, 4.69) is 12.2 Å². The quantitative estimate of drug-likeness (QED) is 0.109. The van der Waals surface area contributed by atoms with Gasteiger partial charge in [-0.25, -0.2) is 4.79 Å². The molecule has 0 bridgehead atoms. The highest BCUT2D eigenvalue weighted by molar-refractivity contribution is 7.15. The van der Waals surface area contributed by atoms with Crippen LogP contribution in [0.3, 0.4) is 0 Å². The molecule has 1 heterocycles. The molecule has 0 saturated carbocycles. The highest BCUT2D eigenvalue weighted by Gasteiger charge is 2.24. The number of carbonyl (C=O) groups is 2. The molecule has 1 amide bonds. The highest BCUT2D eigenvalue weighted by Crippen LogP contribution is 2.37. The van der Waals surface area contributed by atoms with Crippen LogP contribution in [0.25, 0.3) is 17.2 Å². The lowest BCUT2D eigenvalue weighted by Gasteiger charge is -2.11. The molecule has 198 valence electrons. The van der Waals surface area contributed by atoms with E-state index in [1.54, 1.807) is 54.8 Å². The van der Waals surface area contributed by atoms with E-state index in [1.807, 2.05) is 6.07 Å². The smallest absolute Gasteiger partial charge is 0.341 e. The Hall–Kier alpha value is -3.80. The number of nitrogens with one attached hydrogen (secondary N) is 1. The van der Waals surface area contributed by atoms with Gasteiger partial charge in [0.15, 0.2) is 11.5 Å². The SMILES string of the molecule is CCCCCOc1ccc(C=C(C#N)C(=O)Nc2scc(-c3ccc(Cl)cc3)c2C(=O)OCC)cc1OC. The van der Waals surface area contributed by atoms with E-state index in [1.165, 1.54) is 24.5 Å². The molecule has 0 atom stereocenters. The number of amides is 1. The fourth-order valence-corrected chi connectivity index (χ4v) is 4.69. The van der Waals surface area contributed by atoms with E-state index < -0.39 is 11.9 Å². The molecule has 7 nitrogen and oxygen atoms in total. The Morgan fingerprint density at radius 2 is 1.87 bits per heavy atom. The third-order valence-electron chi connectivity index (χ3n) is 5.52. The van der Waals surface area contributed by atoms with E-state index >= 15 is 0 Å². The molecule has 9 heteroatoms. The van der Waals surface area contributed by atoms with Crippen LogP contribution < -0.4 is 14.8 Å². The number of nitrogens with zero attached hydrogens (tertiary/aromatic N) is 1. The number of methoxy groups -OCH3 is 1. The second kappa shape index (κ2) is 14.2. The van der Waals surface area contributed by atoms with Gasteiger partial charge in [0.05, 0.1) is 20.3 Å². The zero-order valence-electron chi connectivity index (χ0n) is 21.5. The van der Waals surface area contributed by atoms with E-state index in [0.29, 0.717) is 34.3 Å². The topological polar surface area (TPSA) is 97.7 Å². The first-order valence-corrected chi connectivity index (χ1v) is 13.5.